The van der Waals surface area contributed by atoms with E-state index in [9.17, 15) is 9.18 Å². The van der Waals surface area contributed by atoms with E-state index in [0.29, 0.717) is 23.1 Å². The first-order valence-electron chi connectivity index (χ1n) is 14.3. The average molecular weight is 583 g/mol. The molecule has 3 heterocycles. The Kier molecular flexibility index (Phi) is 9.49. The van der Waals surface area contributed by atoms with Gasteiger partial charge < -0.3 is 14.5 Å². The summed E-state index contributed by atoms with van der Waals surface area (Å²) in [5.74, 6) is 0.0115. The molecule has 6 nitrogen and oxygen atoms in total. The third-order valence-electron chi connectivity index (χ3n) is 8.31. The molecule has 220 valence electrons. The molecular formula is C32H40F2N4O2S. The molecule has 3 aromatic rings. The highest BCUT2D eigenvalue weighted by Crippen LogP contribution is 2.41. The van der Waals surface area contributed by atoms with Crippen LogP contribution in [0.4, 0.5) is 8.78 Å². The van der Waals surface area contributed by atoms with Gasteiger partial charge in [-0.05, 0) is 69.4 Å². The van der Waals surface area contributed by atoms with E-state index < -0.39 is 5.82 Å². The Morgan fingerprint density at radius 1 is 1.02 bits per heavy atom. The molecule has 0 saturated carbocycles. The number of halogens is 2. The van der Waals surface area contributed by atoms with E-state index in [1.807, 2.05) is 17.6 Å². The van der Waals surface area contributed by atoms with Crippen molar-refractivity contribution in [2.24, 2.45) is 0 Å². The molecule has 0 aliphatic carbocycles. The number of benzene rings is 2. The molecule has 0 radical (unpaired) electrons. The topological polar surface area (TPSA) is 41.0 Å². The van der Waals surface area contributed by atoms with Crippen LogP contribution >= 0.6 is 11.8 Å². The molecule has 1 unspecified atom stereocenters. The Balaban J connectivity index is 1.48. The number of hydrogen-bond donors (Lipinski definition) is 0. The Labute approximate surface area is 245 Å². The molecule has 1 atom stereocenters. The van der Waals surface area contributed by atoms with Gasteiger partial charge in [-0.3, -0.25) is 14.3 Å². The summed E-state index contributed by atoms with van der Waals surface area (Å²) >= 11 is 1.66. The molecule has 2 aromatic carbocycles. The lowest BCUT2D eigenvalue weighted by molar-refractivity contribution is 0.118. The lowest BCUT2D eigenvalue weighted by atomic mass is 9.94. The van der Waals surface area contributed by atoms with E-state index in [2.05, 4.69) is 28.8 Å². The molecule has 5 rings (SSSR count). The number of pyridine rings is 1. The van der Waals surface area contributed by atoms with Gasteiger partial charge >= 0.3 is 0 Å². The van der Waals surface area contributed by atoms with Crippen LogP contribution in [0.15, 0.2) is 52.3 Å². The number of thioether (sulfide) groups is 1. The summed E-state index contributed by atoms with van der Waals surface area (Å²) in [6.07, 6.45) is 1.49. The number of nitrogens with zero attached hydrogens (tertiary/aromatic N) is 4. The number of ether oxygens (including phenoxy) is 1. The molecular weight excluding hydrogens is 542 g/mol. The lowest BCUT2D eigenvalue weighted by Gasteiger charge is -2.36. The van der Waals surface area contributed by atoms with Crippen LogP contribution < -0.4 is 10.3 Å². The van der Waals surface area contributed by atoms with E-state index in [1.165, 1.54) is 13.2 Å². The van der Waals surface area contributed by atoms with Crippen molar-refractivity contribution in [3.8, 4) is 16.9 Å². The minimum atomic E-state index is -0.555. The van der Waals surface area contributed by atoms with Gasteiger partial charge in [0.15, 0.2) is 11.6 Å². The second-order valence-corrected chi connectivity index (χ2v) is 12.3. The second kappa shape index (κ2) is 13.1. The van der Waals surface area contributed by atoms with Gasteiger partial charge in [-0.25, -0.2) is 8.78 Å². The van der Waals surface area contributed by atoms with Crippen molar-refractivity contribution in [1.82, 2.24) is 19.3 Å². The van der Waals surface area contributed by atoms with Gasteiger partial charge in [-0.1, -0.05) is 30.3 Å². The van der Waals surface area contributed by atoms with Gasteiger partial charge in [-0.2, -0.15) is 0 Å². The highest BCUT2D eigenvalue weighted by molar-refractivity contribution is 7.99. The summed E-state index contributed by atoms with van der Waals surface area (Å²) in [6.45, 7) is 8.75. The first-order chi connectivity index (χ1) is 19.8. The molecule has 0 N–H and O–H groups in total. The normalized spacial score (nSPS) is 17.8. The van der Waals surface area contributed by atoms with Gasteiger partial charge in [0.1, 0.15) is 5.82 Å². The monoisotopic (exact) mass is 582 g/mol. The van der Waals surface area contributed by atoms with Crippen molar-refractivity contribution < 1.29 is 13.5 Å². The summed E-state index contributed by atoms with van der Waals surface area (Å²) in [5, 5.41) is 0.870. The fourth-order valence-electron chi connectivity index (χ4n) is 6.03. The van der Waals surface area contributed by atoms with Crippen LogP contribution in [0.25, 0.3) is 11.1 Å². The van der Waals surface area contributed by atoms with Gasteiger partial charge in [-0.15, -0.1) is 11.8 Å². The minimum absolute atomic E-state index is 0.0461. The van der Waals surface area contributed by atoms with E-state index >= 15 is 4.39 Å². The van der Waals surface area contributed by atoms with E-state index in [1.54, 1.807) is 42.1 Å². The smallest absolute Gasteiger partial charge is 0.260 e. The van der Waals surface area contributed by atoms with Gasteiger partial charge in [0, 0.05) is 50.5 Å². The fraction of sp³-hybridized carbons (Fsp3) is 0.469. The van der Waals surface area contributed by atoms with Crippen LogP contribution in [0.5, 0.6) is 5.75 Å². The maximum Gasteiger partial charge on any atom is 0.260 e. The molecule has 41 heavy (non-hydrogen) atoms. The summed E-state index contributed by atoms with van der Waals surface area (Å²) < 4.78 is 37.5. The van der Waals surface area contributed by atoms with Crippen LogP contribution in [-0.2, 0) is 6.42 Å². The molecule has 9 heteroatoms. The molecule has 1 saturated heterocycles. The van der Waals surface area contributed by atoms with Crippen LogP contribution in [0, 0.1) is 18.6 Å². The molecule has 0 spiro atoms. The van der Waals surface area contributed by atoms with Gasteiger partial charge in [0.25, 0.3) is 5.56 Å². The van der Waals surface area contributed by atoms with Gasteiger partial charge in [0.05, 0.1) is 23.7 Å². The Morgan fingerprint density at radius 2 is 1.76 bits per heavy atom. The maximum atomic E-state index is 15.6. The number of hydrogen-bond acceptors (Lipinski definition) is 6. The van der Waals surface area contributed by atoms with E-state index in [-0.39, 0.29) is 28.7 Å². The highest BCUT2D eigenvalue weighted by Gasteiger charge is 2.33. The molecule has 0 amide bonds. The first-order valence-corrected chi connectivity index (χ1v) is 15.3. The van der Waals surface area contributed by atoms with Crippen molar-refractivity contribution in [3.05, 3.63) is 81.1 Å². The maximum absolute atomic E-state index is 15.6. The number of aromatic nitrogens is 1. The molecule has 1 fully saturated rings. The SMILES string of the molecule is COc1cccc(-c2c(C)c(Cc3ccccc3F)c3n(c2=O)C(CN2CCN(CCCN(C)C)CC2)CS3)c1F. The van der Waals surface area contributed by atoms with Crippen molar-refractivity contribution in [2.75, 3.05) is 72.8 Å². The number of fused-ring (bicyclic) bond motifs is 1. The average Bonchev–Trinajstić information content (AvgIpc) is 3.37. The number of methoxy groups -OCH3 is 1. The molecule has 2 aliphatic heterocycles. The fourth-order valence-corrected chi connectivity index (χ4v) is 7.40. The lowest BCUT2D eigenvalue weighted by Crippen LogP contribution is -2.48. The second-order valence-electron chi connectivity index (χ2n) is 11.3. The third kappa shape index (κ3) is 6.38. The zero-order valence-corrected chi connectivity index (χ0v) is 25.3. The van der Waals surface area contributed by atoms with Crippen LogP contribution in [0.1, 0.15) is 29.2 Å². The Bertz CT molecular complexity index is 1440. The van der Waals surface area contributed by atoms with E-state index in [4.69, 9.17) is 4.74 Å². The number of rotatable bonds is 10. The zero-order chi connectivity index (χ0) is 29.1. The zero-order valence-electron chi connectivity index (χ0n) is 24.5. The summed E-state index contributed by atoms with van der Waals surface area (Å²) in [6, 6.07) is 11.6. The minimum Gasteiger partial charge on any atom is -0.494 e. The molecule has 1 aromatic heterocycles. The van der Waals surface area contributed by atoms with Crippen molar-refractivity contribution in [2.45, 2.75) is 30.8 Å². The highest BCUT2D eigenvalue weighted by atomic mass is 32.2. The molecule has 2 aliphatic rings. The summed E-state index contributed by atoms with van der Waals surface area (Å²) in [5.41, 5.74) is 2.48. The van der Waals surface area contributed by atoms with Crippen molar-refractivity contribution in [1.29, 1.82) is 0 Å². The van der Waals surface area contributed by atoms with Crippen molar-refractivity contribution >= 4 is 11.8 Å². The van der Waals surface area contributed by atoms with Crippen molar-refractivity contribution in [3.63, 3.8) is 0 Å². The van der Waals surface area contributed by atoms with Crippen LogP contribution in [0.2, 0.25) is 0 Å². The predicted molar refractivity (Wildman–Crippen MR) is 162 cm³/mol. The largest absolute Gasteiger partial charge is 0.494 e. The third-order valence-corrected chi connectivity index (χ3v) is 9.57. The van der Waals surface area contributed by atoms with E-state index in [0.717, 1.165) is 68.6 Å². The number of piperazine rings is 1. The first kappa shape index (κ1) is 29.8. The standard InChI is InChI=1S/C32H40F2N4O2S/c1-22-26(19-23-9-5-6-11-27(23)33)32-38(31(39)29(22)25-10-7-12-28(40-4)30(25)34)24(21-41-32)20-37-17-15-36(16-18-37)14-8-13-35(2)3/h5-7,9-12,24H,8,13-21H2,1-4H3. The van der Waals surface area contributed by atoms with Crippen LogP contribution in [0.3, 0.4) is 0 Å². The summed E-state index contributed by atoms with van der Waals surface area (Å²) in [7, 11) is 5.63. The Hall–Kier alpha value is -2.72. The van der Waals surface area contributed by atoms with Gasteiger partial charge in [0.2, 0.25) is 0 Å². The Morgan fingerprint density at radius 3 is 2.46 bits per heavy atom. The van der Waals surface area contributed by atoms with Crippen LogP contribution in [-0.4, -0.2) is 92.0 Å². The quantitative estimate of drug-likeness (QED) is 0.338. The summed E-state index contributed by atoms with van der Waals surface area (Å²) in [4.78, 5) is 21.4. The predicted octanol–water partition coefficient (Wildman–Crippen LogP) is 4.92. The molecule has 0 bridgehead atoms.